The van der Waals surface area contributed by atoms with Crippen molar-refractivity contribution in [2.24, 2.45) is 11.7 Å². The summed E-state index contributed by atoms with van der Waals surface area (Å²) in [5, 5.41) is 10.2. The van der Waals surface area contributed by atoms with E-state index >= 15 is 0 Å². The SMILES string of the molecule is NC(=O)C1CCCN(c2nc(Cl)c(CO)s2)C1. The van der Waals surface area contributed by atoms with Crippen LogP contribution in [0, 0.1) is 5.92 Å². The molecule has 1 unspecified atom stereocenters. The Kier molecular flexibility index (Phi) is 3.86. The Bertz CT molecular complexity index is 424. The lowest BCUT2D eigenvalue weighted by Crippen LogP contribution is -2.41. The first kappa shape index (κ1) is 12.6. The highest BCUT2D eigenvalue weighted by atomic mass is 35.5. The van der Waals surface area contributed by atoms with Crippen LogP contribution in [-0.4, -0.2) is 29.1 Å². The molecule has 2 heterocycles. The molecule has 1 aromatic rings. The Morgan fingerprint density at radius 2 is 2.47 bits per heavy atom. The average Bonchev–Trinajstić information content (AvgIpc) is 2.71. The fourth-order valence-electron chi connectivity index (χ4n) is 1.94. The molecule has 0 aliphatic carbocycles. The number of hydrogen-bond donors (Lipinski definition) is 2. The molecule has 1 aromatic heterocycles. The zero-order chi connectivity index (χ0) is 12.4. The van der Waals surface area contributed by atoms with E-state index in [4.69, 9.17) is 22.4 Å². The van der Waals surface area contributed by atoms with Crippen LogP contribution in [0.5, 0.6) is 0 Å². The summed E-state index contributed by atoms with van der Waals surface area (Å²) in [6, 6.07) is 0. The van der Waals surface area contributed by atoms with Crippen molar-refractivity contribution in [1.82, 2.24) is 4.98 Å². The molecule has 1 aliphatic rings. The van der Waals surface area contributed by atoms with Gasteiger partial charge >= 0.3 is 0 Å². The number of primary amides is 1. The highest BCUT2D eigenvalue weighted by Crippen LogP contribution is 2.32. The van der Waals surface area contributed by atoms with Crippen LogP contribution in [0.2, 0.25) is 5.15 Å². The monoisotopic (exact) mass is 275 g/mol. The van der Waals surface area contributed by atoms with E-state index in [-0.39, 0.29) is 18.4 Å². The van der Waals surface area contributed by atoms with Gasteiger partial charge in [0.15, 0.2) is 5.13 Å². The van der Waals surface area contributed by atoms with Crippen molar-refractivity contribution in [1.29, 1.82) is 0 Å². The molecule has 0 aromatic carbocycles. The predicted molar refractivity (Wildman–Crippen MR) is 67.2 cm³/mol. The lowest BCUT2D eigenvalue weighted by atomic mass is 9.98. The molecular weight excluding hydrogens is 262 g/mol. The van der Waals surface area contributed by atoms with Crippen molar-refractivity contribution >= 4 is 34.0 Å². The number of nitrogens with zero attached hydrogens (tertiary/aromatic N) is 2. The van der Waals surface area contributed by atoms with Gasteiger partial charge in [-0.15, -0.1) is 0 Å². The highest BCUT2D eigenvalue weighted by molar-refractivity contribution is 7.16. The quantitative estimate of drug-likeness (QED) is 0.862. The van der Waals surface area contributed by atoms with Crippen molar-refractivity contribution in [3.05, 3.63) is 10.0 Å². The van der Waals surface area contributed by atoms with E-state index in [1.54, 1.807) is 0 Å². The number of hydrogen-bond acceptors (Lipinski definition) is 5. The van der Waals surface area contributed by atoms with Gasteiger partial charge in [0.1, 0.15) is 5.15 Å². The van der Waals surface area contributed by atoms with Crippen LogP contribution >= 0.6 is 22.9 Å². The van der Waals surface area contributed by atoms with E-state index < -0.39 is 0 Å². The summed E-state index contributed by atoms with van der Waals surface area (Å²) in [7, 11) is 0. The number of anilines is 1. The summed E-state index contributed by atoms with van der Waals surface area (Å²) < 4.78 is 0. The number of halogens is 1. The van der Waals surface area contributed by atoms with Crippen molar-refractivity contribution in [3.8, 4) is 0 Å². The summed E-state index contributed by atoms with van der Waals surface area (Å²) >= 11 is 7.24. The largest absolute Gasteiger partial charge is 0.391 e. The van der Waals surface area contributed by atoms with Crippen LogP contribution in [-0.2, 0) is 11.4 Å². The third kappa shape index (κ3) is 2.70. The molecule has 1 amide bonds. The Morgan fingerprint density at radius 1 is 1.71 bits per heavy atom. The van der Waals surface area contributed by atoms with E-state index in [9.17, 15) is 4.79 Å². The molecule has 17 heavy (non-hydrogen) atoms. The Labute approximate surface area is 108 Å². The maximum atomic E-state index is 11.2. The van der Waals surface area contributed by atoms with E-state index in [2.05, 4.69) is 4.98 Å². The number of rotatable bonds is 3. The molecule has 7 heteroatoms. The second kappa shape index (κ2) is 5.20. The van der Waals surface area contributed by atoms with Crippen molar-refractivity contribution < 1.29 is 9.90 Å². The first-order chi connectivity index (χ1) is 8.11. The van der Waals surface area contributed by atoms with Crippen molar-refractivity contribution in [2.45, 2.75) is 19.4 Å². The number of aliphatic hydroxyl groups excluding tert-OH is 1. The maximum absolute atomic E-state index is 11.2. The topological polar surface area (TPSA) is 79.5 Å². The van der Waals surface area contributed by atoms with Gasteiger partial charge in [0, 0.05) is 13.1 Å². The third-order valence-electron chi connectivity index (χ3n) is 2.88. The molecule has 1 saturated heterocycles. The Hall–Kier alpha value is -0.850. The van der Waals surface area contributed by atoms with Crippen molar-refractivity contribution in [2.75, 3.05) is 18.0 Å². The summed E-state index contributed by atoms with van der Waals surface area (Å²) in [6.07, 6.45) is 1.75. The summed E-state index contributed by atoms with van der Waals surface area (Å²) in [5.41, 5.74) is 5.32. The van der Waals surface area contributed by atoms with Gasteiger partial charge in [-0.1, -0.05) is 22.9 Å². The van der Waals surface area contributed by atoms with Gasteiger partial charge in [-0.3, -0.25) is 4.79 Å². The van der Waals surface area contributed by atoms with Gasteiger partial charge in [-0.05, 0) is 12.8 Å². The average molecular weight is 276 g/mol. The van der Waals surface area contributed by atoms with E-state index in [1.165, 1.54) is 11.3 Å². The van der Waals surface area contributed by atoms with Gasteiger partial charge in [0.2, 0.25) is 5.91 Å². The minimum atomic E-state index is -0.264. The predicted octanol–water partition coefficient (Wildman–Crippen LogP) is 0.990. The first-order valence-electron chi connectivity index (χ1n) is 5.42. The van der Waals surface area contributed by atoms with Crippen LogP contribution < -0.4 is 10.6 Å². The normalized spacial score (nSPS) is 20.6. The van der Waals surface area contributed by atoms with E-state index in [0.29, 0.717) is 16.6 Å². The lowest BCUT2D eigenvalue weighted by Gasteiger charge is -2.30. The number of carbonyl (C=O) groups excluding carboxylic acids is 1. The highest BCUT2D eigenvalue weighted by Gasteiger charge is 2.26. The maximum Gasteiger partial charge on any atom is 0.222 e. The zero-order valence-corrected chi connectivity index (χ0v) is 10.8. The second-order valence-corrected chi connectivity index (χ2v) is 5.48. The number of aromatic nitrogens is 1. The molecule has 0 radical (unpaired) electrons. The number of aliphatic hydroxyl groups is 1. The molecule has 1 aliphatic heterocycles. The van der Waals surface area contributed by atoms with Gasteiger partial charge in [0.05, 0.1) is 17.4 Å². The molecule has 0 bridgehead atoms. The smallest absolute Gasteiger partial charge is 0.222 e. The molecule has 1 atom stereocenters. The fraction of sp³-hybridized carbons (Fsp3) is 0.600. The molecule has 0 saturated carbocycles. The fourth-order valence-corrected chi connectivity index (χ4v) is 3.09. The summed E-state index contributed by atoms with van der Waals surface area (Å²) in [6.45, 7) is 1.33. The number of piperidine rings is 1. The molecule has 1 fully saturated rings. The van der Waals surface area contributed by atoms with Crippen LogP contribution in [0.25, 0.3) is 0 Å². The molecule has 0 spiro atoms. The first-order valence-corrected chi connectivity index (χ1v) is 6.61. The molecule has 3 N–H and O–H groups in total. The standard InChI is InChI=1S/C10H14ClN3O2S/c11-8-7(5-15)17-10(13-8)14-3-1-2-6(4-14)9(12)16/h6,15H,1-5H2,(H2,12,16). The Balaban J connectivity index is 2.13. The lowest BCUT2D eigenvalue weighted by molar-refractivity contribution is -0.122. The molecule has 94 valence electrons. The van der Waals surface area contributed by atoms with Gasteiger partial charge < -0.3 is 15.7 Å². The third-order valence-corrected chi connectivity index (χ3v) is 4.40. The van der Waals surface area contributed by atoms with Crippen LogP contribution in [0.1, 0.15) is 17.7 Å². The molecular formula is C10H14ClN3O2S. The Morgan fingerprint density at radius 3 is 3.06 bits per heavy atom. The number of thiazole rings is 1. The van der Waals surface area contributed by atoms with Crippen LogP contribution in [0.3, 0.4) is 0 Å². The zero-order valence-electron chi connectivity index (χ0n) is 9.23. The number of amides is 1. The second-order valence-electron chi connectivity index (χ2n) is 4.06. The molecule has 2 rings (SSSR count). The van der Waals surface area contributed by atoms with Crippen molar-refractivity contribution in [3.63, 3.8) is 0 Å². The van der Waals surface area contributed by atoms with Crippen LogP contribution in [0.15, 0.2) is 0 Å². The van der Waals surface area contributed by atoms with Gasteiger partial charge in [0.25, 0.3) is 0 Å². The van der Waals surface area contributed by atoms with Gasteiger partial charge in [-0.2, -0.15) is 0 Å². The minimum Gasteiger partial charge on any atom is -0.391 e. The van der Waals surface area contributed by atoms with E-state index in [1.807, 2.05) is 4.90 Å². The van der Waals surface area contributed by atoms with E-state index in [0.717, 1.165) is 24.5 Å². The minimum absolute atomic E-state index is 0.108. The number of carbonyl (C=O) groups is 1. The number of nitrogens with two attached hydrogens (primary N) is 1. The summed E-state index contributed by atoms with van der Waals surface area (Å²) in [5.74, 6) is -0.385. The van der Waals surface area contributed by atoms with Gasteiger partial charge in [-0.25, -0.2) is 4.98 Å². The van der Waals surface area contributed by atoms with Crippen LogP contribution in [0.4, 0.5) is 5.13 Å². The molecule has 5 nitrogen and oxygen atoms in total. The summed E-state index contributed by atoms with van der Waals surface area (Å²) in [4.78, 5) is 18.0.